The lowest BCUT2D eigenvalue weighted by Crippen LogP contribution is -1.90. The van der Waals surface area contributed by atoms with Crippen molar-refractivity contribution in [3.8, 4) is 22.3 Å². The van der Waals surface area contributed by atoms with Crippen molar-refractivity contribution >= 4 is 15.9 Å². The van der Waals surface area contributed by atoms with Crippen LogP contribution in [-0.2, 0) is 0 Å². The molecule has 4 heteroatoms. The zero-order valence-electron chi connectivity index (χ0n) is 11.3. The van der Waals surface area contributed by atoms with Crippen molar-refractivity contribution in [2.75, 3.05) is 0 Å². The fraction of sp³-hybridized carbons (Fsp3) is 0. The Morgan fingerprint density at radius 3 is 1.73 bits per heavy atom. The summed E-state index contributed by atoms with van der Waals surface area (Å²) in [6.07, 6.45) is 0. The normalized spacial score (nSPS) is 10.7. The third-order valence-corrected chi connectivity index (χ3v) is 3.98. The Bertz CT molecular complexity index is 772. The Morgan fingerprint density at radius 2 is 1.18 bits per heavy atom. The molecular formula is C18H10BrF3. The predicted octanol–water partition coefficient (Wildman–Crippen LogP) is 6.20. The van der Waals surface area contributed by atoms with Gasteiger partial charge in [-0.3, -0.25) is 0 Å². The minimum Gasteiger partial charge on any atom is -0.207 e. The lowest BCUT2D eigenvalue weighted by molar-refractivity contribution is 0.624. The van der Waals surface area contributed by atoms with Crippen molar-refractivity contribution in [3.63, 3.8) is 0 Å². The van der Waals surface area contributed by atoms with Crippen LogP contribution in [0.1, 0.15) is 0 Å². The second-order valence-electron chi connectivity index (χ2n) is 4.83. The van der Waals surface area contributed by atoms with E-state index in [1.165, 1.54) is 36.4 Å². The standard InChI is InChI=1S/C18H10BrF3/c19-17-9-16(12-4-2-6-14(21)8-12)18(22)10-15(17)11-3-1-5-13(20)7-11/h1-10H. The first-order chi connectivity index (χ1) is 10.5. The molecule has 0 aromatic heterocycles. The zero-order chi connectivity index (χ0) is 15.7. The van der Waals surface area contributed by atoms with Crippen LogP contribution in [0.4, 0.5) is 13.2 Å². The molecule has 0 N–H and O–H groups in total. The molecule has 0 radical (unpaired) electrons. The van der Waals surface area contributed by atoms with Crippen molar-refractivity contribution in [2.24, 2.45) is 0 Å². The molecule has 0 heterocycles. The van der Waals surface area contributed by atoms with Crippen LogP contribution in [0.5, 0.6) is 0 Å². The van der Waals surface area contributed by atoms with Crippen molar-refractivity contribution in [1.82, 2.24) is 0 Å². The summed E-state index contributed by atoms with van der Waals surface area (Å²) in [6.45, 7) is 0. The van der Waals surface area contributed by atoms with E-state index in [1.807, 2.05) is 0 Å². The molecule has 0 saturated heterocycles. The lowest BCUT2D eigenvalue weighted by atomic mass is 9.99. The maximum Gasteiger partial charge on any atom is 0.131 e. The number of benzene rings is 3. The Kier molecular flexibility index (Phi) is 4.03. The van der Waals surface area contributed by atoms with E-state index < -0.39 is 11.6 Å². The van der Waals surface area contributed by atoms with Crippen LogP contribution in [0.2, 0.25) is 0 Å². The van der Waals surface area contributed by atoms with Crippen LogP contribution in [-0.4, -0.2) is 0 Å². The van der Waals surface area contributed by atoms with Gasteiger partial charge in [0, 0.05) is 10.0 Å². The molecule has 0 aliphatic rings. The van der Waals surface area contributed by atoms with Gasteiger partial charge in [-0.1, -0.05) is 40.2 Å². The van der Waals surface area contributed by atoms with Crippen LogP contribution in [0.25, 0.3) is 22.3 Å². The molecule has 3 aromatic carbocycles. The molecule has 0 fully saturated rings. The maximum atomic E-state index is 14.4. The maximum absolute atomic E-state index is 14.4. The van der Waals surface area contributed by atoms with Crippen LogP contribution in [0, 0.1) is 17.5 Å². The molecule has 0 aliphatic heterocycles. The highest BCUT2D eigenvalue weighted by atomic mass is 79.9. The van der Waals surface area contributed by atoms with Crippen molar-refractivity contribution in [2.45, 2.75) is 0 Å². The number of rotatable bonds is 2. The van der Waals surface area contributed by atoms with Crippen LogP contribution in [0.3, 0.4) is 0 Å². The van der Waals surface area contributed by atoms with Gasteiger partial charge in [-0.05, 0) is 53.1 Å². The summed E-state index contributed by atoms with van der Waals surface area (Å²) in [7, 11) is 0. The molecule has 3 rings (SSSR count). The molecule has 0 saturated carbocycles. The van der Waals surface area contributed by atoms with E-state index in [0.29, 0.717) is 21.2 Å². The fourth-order valence-electron chi connectivity index (χ4n) is 2.30. The summed E-state index contributed by atoms with van der Waals surface area (Å²) in [5, 5.41) is 0. The SMILES string of the molecule is Fc1cccc(-c2cc(Br)c(-c3cccc(F)c3)cc2F)c1. The summed E-state index contributed by atoms with van der Waals surface area (Å²) in [5.74, 6) is -1.31. The van der Waals surface area contributed by atoms with E-state index in [0.717, 1.165) is 0 Å². The molecule has 0 spiro atoms. The van der Waals surface area contributed by atoms with Crippen LogP contribution >= 0.6 is 15.9 Å². The first-order valence-corrected chi connectivity index (χ1v) is 7.35. The second kappa shape index (κ2) is 5.97. The quantitative estimate of drug-likeness (QED) is 0.509. The van der Waals surface area contributed by atoms with Crippen molar-refractivity contribution in [1.29, 1.82) is 0 Å². The van der Waals surface area contributed by atoms with Gasteiger partial charge >= 0.3 is 0 Å². The van der Waals surface area contributed by atoms with E-state index in [-0.39, 0.29) is 11.4 Å². The minimum absolute atomic E-state index is 0.284. The molecule has 0 amide bonds. The average molecular weight is 363 g/mol. The largest absolute Gasteiger partial charge is 0.207 e. The highest BCUT2D eigenvalue weighted by Crippen LogP contribution is 2.35. The van der Waals surface area contributed by atoms with Crippen molar-refractivity contribution < 1.29 is 13.2 Å². The summed E-state index contributed by atoms with van der Waals surface area (Å²) in [6, 6.07) is 14.6. The summed E-state index contributed by atoms with van der Waals surface area (Å²) in [5.41, 5.74) is 1.84. The number of halogens is 4. The van der Waals surface area contributed by atoms with Gasteiger partial charge in [-0.25, -0.2) is 13.2 Å². The van der Waals surface area contributed by atoms with Gasteiger partial charge in [0.05, 0.1) is 0 Å². The van der Waals surface area contributed by atoms with E-state index >= 15 is 0 Å². The highest BCUT2D eigenvalue weighted by molar-refractivity contribution is 9.10. The van der Waals surface area contributed by atoms with Gasteiger partial charge in [0.15, 0.2) is 0 Å². The van der Waals surface area contributed by atoms with Gasteiger partial charge in [0.25, 0.3) is 0 Å². The second-order valence-corrected chi connectivity index (χ2v) is 5.69. The predicted molar refractivity (Wildman–Crippen MR) is 84.9 cm³/mol. The molecule has 0 unspecified atom stereocenters. The highest BCUT2D eigenvalue weighted by Gasteiger charge is 2.12. The number of hydrogen-bond donors (Lipinski definition) is 0. The minimum atomic E-state index is -0.493. The third-order valence-electron chi connectivity index (χ3n) is 3.33. The average Bonchev–Trinajstić information content (AvgIpc) is 2.49. The summed E-state index contributed by atoms with van der Waals surface area (Å²) in [4.78, 5) is 0. The van der Waals surface area contributed by atoms with Gasteiger partial charge in [0.1, 0.15) is 17.5 Å². The molecule has 110 valence electrons. The van der Waals surface area contributed by atoms with Gasteiger partial charge in [-0.2, -0.15) is 0 Å². The molecule has 0 aliphatic carbocycles. The number of hydrogen-bond acceptors (Lipinski definition) is 0. The molecule has 22 heavy (non-hydrogen) atoms. The Hall–Kier alpha value is -2.07. The van der Waals surface area contributed by atoms with E-state index in [9.17, 15) is 13.2 Å². The van der Waals surface area contributed by atoms with Crippen LogP contribution < -0.4 is 0 Å². The van der Waals surface area contributed by atoms with Crippen LogP contribution in [0.15, 0.2) is 65.1 Å². The Labute approximate surface area is 134 Å². The van der Waals surface area contributed by atoms with Gasteiger partial charge < -0.3 is 0 Å². The van der Waals surface area contributed by atoms with Gasteiger partial charge in [0.2, 0.25) is 0 Å². The monoisotopic (exact) mass is 362 g/mol. The first-order valence-electron chi connectivity index (χ1n) is 6.55. The zero-order valence-corrected chi connectivity index (χ0v) is 12.9. The molecule has 3 aromatic rings. The van der Waals surface area contributed by atoms with Crippen molar-refractivity contribution in [3.05, 3.63) is 82.6 Å². The molecule has 0 atom stereocenters. The topological polar surface area (TPSA) is 0 Å². The van der Waals surface area contributed by atoms with E-state index in [4.69, 9.17) is 0 Å². The Morgan fingerprint density at radius 1 is 0.636 bits per heavy atom. The lowest BCUT2D eigenvalue weighted by Gasteiger charge is -2.10. The molecular weight excluding hydrogens is 353 g/mol. The van der Waals surface area contributed by atoms with E-state index in [2.05, 4.69) is 15.9 Å². The van der Waals surface area contributed by atoms with Gasteiger partial charge in [-0.15, -0.1) is 0 Å². The van der Waals surface area contributed by atoms with E-state index in [1.54, 1.807) is 24.3 Å². The molecule has 0 bridgehead atoms. The fourth-order valence-corrected chi connectivity index (χ4v) is 2.87. The first kappa shape index (κ1) is 14.9. The summed E-state index contributed by atoms with van der Waals surface area (Å²) >= 11 is 3.38. The smallest absolute Gasteiger partial charge is 0.131 e. The molecule has 0 nitrogen and oxygen atoms in total. The summed E-state index contributed by atoms with van der Waals surface area (Å²) < 4.78 is 41.6. The Balaban J connectivity index is 2.13. The third kappa shape index (κ3) is 2.92.